The summed E-state index contributed by atoms with van der Waals surface area (Å²) in [5.41, 5.74) is -0.217. The lowest BCUT2D eigenvalue weighted by atomic mass is 10.0. The van der Waals surface area contributed by atoms with Crippen LogP contribution in [0, 0.1) is 11.3 Å². The Balaban J connectivity index is 3.06. The van der Waals surface area contributed by atoms with E-state index in [4.69, 9.17) is 10.00 Å². The van der Waals surface area contributed by atoms with Crippen LogP contribution in [0.1, 0.15) is 17.2 Å². The Hall–Kier alpha value is -1.58. The van der Waals surface area contributed by atoms with Crippen molar-refractivity contribution >= 4 is 0 Å². The molecule has 104 valence electrons. The summed E-state index contributed by atoms with van der Waals surface area (Å²) in [5.74, 6) is 0. The van der Waals surface area contributed by atoms with Gasteiger partial charge in [0, 0.05) is 7.11 Å². The zero-order valence-electron chi connectivity index (χ0n) is 10.7. The summed E-state index contributed by atoms with van der Waals surface area (Å²) >= 11 is 0. The number of alkyl halides is 3. The number of hydrogen-bond acceptors (Lipinski definition) is 3. The minimum absolute atomic E-state index is 0.115. The second-order valence-corrected chi connectivity index (χ2v) is 4.17. The number of hydrogen-bond donors (Lipinski definition) is 0. The zero-order valence-corrected chi connectivity index (χ0v) is 10.7. The largest absolute Gasteiger partial charge is 0.416 e. The smallest absolute Gasteiger partial charge is 0.383 e. The standard InChI is InChI=1S/C13H15F3N2O/c1-18(7-6-17)12(9-19-2)10-4-3-5-11(8-10)13(14,15)16/h3-5,8,12H,7,9H2,1-2H3. The molecule has 1 rings (SSSR count). The third-order valence-electron chi connectivity index (χ3n) is 2.78. The van der Waals surface area contributed by atoms with Gasteiger partial charge in [0.15, 0.2) is 0 Å². The van der Waals surface area contributed by atoms with Gasteiger partial charge in [0.2, 0.25) is 0 Å². The van der Waals surface area contributed by atoms with Crippen LogP contribution in [0.5, 0.6) is 0 Å². The molecule has 0 fully saturated rings. The molecule has 0 radical (unpaired) electrons. The fraction of sp³-hybridized carbons (Fsp3) is 0.462. The molecule has 1 atom stereocenters. The lowest BCUT2D eigenvalue weighted by molar-refractivity contribution is -0.137. The Labute approximate surface area is 110 Å². The lowest BCUT2D eigenvalue weighted by Gasteiger charge is -2.26. The van der Waals surface area contributed by atoms with E-state index in [-0.39, 0.29) is 19.2 Å². The van der Waals surface area contributed by atoms with Crippen molar-refractivity contribution in [3.8, 4) is 6.07 Å². The van der Waals surface area contributed by atoms with E-state index in [9.17, 15) is 13.2 Å². The molecule has 19 heavy (non-hydrogen) atoms. The van der Waals surface area contributed by atoms with Crippen LogP contribution in [0.2, 0.25) is 0 Å². The molecule has 0 heterocycles. The van der Waals surface area contributed by atoms with Gasteiger partial charge in [-0.15, -0.1) is 0 Å². The van der Waals surface area contributed by atoms with Gasteiger partial charge in [-0.1, -0.05) is 12.1 Å². The number of likely N-dealkylation sites (N-methyl/N-ethyl adjacent to an activating group) is 1. The quantitative estimate of drug-likeness (QED) is 0.773. The third-order valence-corrected chi connectivity index (χ3v) is 2.78. The number of nitrogens with zero attached hydrogens (tertiary/aromatic N) is 2. The topological polar surface area (TPSA) is 36.3 Å². The second kappa shape index (κ2) is 6.55. The van der Waals surface area contributed by atoms with Crippen LogP contribution >= 0.6 is 0 Å². The predicted octanol–water partition coefficient (Wildman–Crippen LogP) is 2.85. The van der Waals surface area contributed by atoms with Crippen molar-refractivity contribution in [1.29, 1.82) is 5.26 Å². The summed E-state index contributed by atoms with van der Waals surface area (Å²) in [6, 6.07) is 6.67. The molecule has 0 aromatic heterocycles. The summed E-state index contributed by atoms with van der Waals surface area (Å²) in [6.07, 6.45) is -4.37. The third kappa shape index (κ3) is 4.23. The van der Waals surface area contributed by atoms with Crippen molar-refractivity contribution in [3.63, 3.8) is 0 Å². The molecule has 0 aliphatic rings. The molecule has 0 amide bonds. The number of halogens is 3. The van der Waals surface area contributed by atoms with E-state index in [2.05, 4.69) is 0 Å². The minimum atomic E-state index is -4.37. The maximum atomic E-state index is 12.7. The number of rotatable bonds is 5. The van der Waals surface area contributed by atoms with Crippen molar-refractivity contribution in [2.24, 2.45) is 0 Å². The van der Waals surface area contributed by atoms with Gasteiger partial charge in [0.25, 0.3) is 0 Å². The average molecular weight is 272 g/mol. The highest BCUT2D eigenvalue weighted by atomic mass is 19.4. The van der Waals surface area contributed by atoms with E-state index in [1.807, 2.05) is 6.07 Å². The Kier molecular flexibility index (Phi) is 5.33. The van der Waals surface area contributed by atoms with E-state index in [0.29, 0.717) is 5.56 Å². The van der Waals surface area contributed by atoms with Gasteiger partial charge in [0.1, 0.15) is 0 Å². The maximum Gasteiger partial charge on any atom is 0.416 e. The van der Waals surface area contributed by atoms with Crippen LogP contribution in [-0.2, 0) is 10.9 Å². The van der Waals surface area contributed by atoms with Crippen molar-refractivity contribution in [1.82, 2.24) is 4.90 Å². The van der Waals surface area contributed by atoms with Crippen molar-refractivity contribution in [2.45, 2.75) is 12.2 Å². The molecule has 0 N–H and O–H groups in total. The lowest BCUT2D eigenvalue weighted by Crippen LogP contribution is -2.28. The van der Waals surface area contributed by atoms with Gasteiger partial charge >= 0.3 is 6.18 Å². The average Bonchev–Trinajstić information content (AvgIpc) is 2.35. The van der Waals surface area contributed by atoms with Gasteiger partial charge < -0.3 is 4.74 Å². The summed E-state index contributed by atoms with van der Waals surface area (Å²) in [4.78, 5) is 1.65. The molecule has 0 aliphatic carbocycles. The number of benzene rings is 1. The van der Waals surface area contributed by atoms with E-state index in [1.165, 1.54) is 13.2 Å². The van der Waals surface area contributed by atoms with Crippen molar-refractivity contribution < 1.29 is 17.9 Å². The first-order valence-corrected chi connectivity index (χ1v) is 5.63. The Morgan fingerprint density at radius 1 is 1.42 bits per heavy atom. The zero-order chi connectivity index (χ0) is 14.5. The fourth-order valence-corrected chi connectivity index (χ4v) is 1.78. The minimum Gasteiger partial charge on any atom is -0.383 e. The molecular weight excluding hydrogens is 257 g/mol. The molecule has 6 heteroatoms. The monoisotopic (exact) mass is 272 g/mol. The molecule has 0 saturated carbocycles. The van der Waals surface area contributed by atoms with E-state index < -0.39 is 11.7 Å². The Bertz CT molecular complexity index is 454. The van der Waals surface area contributed by atoms with Crippen LogP contribution in [0.15, 0.2) is 24.3 Å². The van der Waals surface area contributed by atoms with Crippen LogP contribution in [0.3, 0.4) is 0 Å². The number of methoxy groups -OCH3 is 1. The number of ether oxygens (including phenoxy) is 1. The van der Waals surface area contributed by atoms with Gasteiger partial charge in [-0.25, -0.2) is 0 Å². The molecule has 1 aromatic rings. The highest BCUT2D eigenvalue weighted by Crippen LogP contribution is 2.31. The van der Waals surface area contributed by atoms with Crippen LogP contribution in [-0.4, -0.2) is 32.2 Å². The first kappa shape index (κ1) is 15.5. The second-order valence-electron chi connectivity index (χ2n) is 4.17. The van der Waals surface area contributed by atoms with Crippen LogP contribution in [0.25, 0.3) is 0 Å². The van der Waals surface area contributed by atoms with E-state index in [0.717, 1.165) is 12.1 Å². The molecular formula is C13H15F3N2O. The van der Waals surface area contributed by atoms with E-state index >= 15 is 0 Å². The summed E-state index contributed by atoms with van der Waals surface area (Å²) in [6.45, 7) is 0.337. The summed E-state index contributed by atoms with van der Waals surface area (Å²) < 4.78 is 43.0. The molecule has 0 bridgehead atoms. The van der Waals surface area contributed by atoms with Gasteiger partial charge in [-0.05, 0) is 24.7 Å². The van der Waals surface area contributed by atoms with Gasteiger partial charge in [0.05, 0.1) is 30.8 Å². The highest BCUT2D eigenvalue weighted by molar-refractivity contribution is 5.28. The van der Waals surface area contributed by atoms with Crippen molar-refractivity contribution in [2.75, 3.05) is 27.3 Å². The summed E-state index contributed by atoms with van der Waals surface area (Å²) in [7, 11) is 3.15. The highest BCUT2D eigenvalue weighted by Gasteiger charge is 2.31. The van der Waals surface area contributed by atoms with Gasteiger partial charge in [-0.3, -0.25) is 4.90 Å². The first-order valence-electron chi connectivity index (χ1n) is 5.63. The predicted molar refractivity (Wildman–Crippen MR) is 64.3 cm³/mol. The number of nitriles is 1. The molecule has 3 nitrogen and oxygen atoms in total. The first-order chi connectivity index (χ1) is 8.90. The van der Waals surface area contributed by atoms with Crippen LogP contribution < -0.4 is 0 Å². The molecule has 0 spiro atoms. The molecule has 1 unspecified atom stereocenters. The summed E-state index contributed by atoms with van der Waals surface area (Å²) in [5, 5.41) is 8.67. The normalized spacial score (nSPS) is 13.3. The molecule has 0 aliphatic heterocycles. The SMILES string of the molecule is COCC(c1cccc(C(F)(F)F)c1)N(C)CC#N. The van der Waals surface area contributed by atoms with E-state index in [1.54, 1.807) is 18.0 Å². The Morgan fingerprint density at radius 3 is 2.63 bits per heavy atom. The maximum absolute atomic E-state index is 12.7. The Morgan fingerprint density at radius 2 is 2.11 bits per heavy atom. The van der Waals surface area contributed by atoms with Gasteiger partial charge in [-0.2, -0.15) is 18.4 Å². The fourth-order valence-electron chi connectivity index (χ4n) is 1.78. The molecule has 0 saturated heterocycles. The molecule has 1 aromatic carbocycles. The van der Waals surface area contributed by atoms with Crippen molar-refractivity contribution in [3.05, 3.63) is 35.4 Å². The van der Waals surface area contributed by atoms with Crippen LogP contribution in [0.4, 0.5) is 13.2 Å².